The number of rotatable bonds is 7. The van der Waals surface area contributed by atoms with Crippen LogP contribution in [0.25, 0.3) is 22.3 Å². The van der Waals surface area contributed by atoms with E-state index in [1.54, 1.807) is 6.07 Å². The fourth-order valence-corrected chi connectivity index (χ4v) is 3.47. The second-order valence-corrected chi connectivity index (χ2v) is 7.33. The minimum absolute atomic E-state index is 0.149. The van der Waals surface area contributed by atoms with Gasteiger partial charge >= 0.3 is 6.01 Å². The van der Waals surface area contributed by atoms with Crippen LogP contribution in [0.1, 0.15) is 5.82 Å². The van der Waals surface area contributed by atoms with Crippen LogP contribution in [0, 0.1) is 11.6 Å². The van der Waals surface area contributed by atoms with Crippen molar-refractivity contribution in [3.8, 4) is 23.0 Å². The maximum Gasteiger partial charge on any atom is 0.326 e. The molecule has 0 saturated carbocycles. The lowest BCUT2D eigenvalue weighted by Gasteiger charge is -2.10. The lowest BCUT2D eigenvalue weighted by atomic mass is 10.1. The molecule has 166 valence electrons. The highest BCUT2D eigenvalue weighted by Gasteiger charge is 2.20. The van der Waals surface area contributed by atoms with Crippen molar-refractivity contribution < 1.29 is 13.5 Å². The summed E-state index contributed by atoms with van der Waals surface area (Å²) in [7, 11) is 0. The van der Waals surface area contributed by atoms with Gasteiger partial charge in [0.2, 0.25) is 0 Å². The van der Waals surface area contributed by atoms with Gasteiger partial charge in [-0.15, -0.1) is 10.2 Å². The fourth-order valence-electron chi connectivity index (χ4n) is 3.24. The Bertz CT molecular complexity index is 1420. The maximum absolute atomic E-state index is 14.1. The van der Waals surface area contributed by atoms with Crippen LogP contribution in [0.3, 0.4) is 0 Å². The first-order valence-corrected chi connectivity index (χ1v) is 10.2. The zero-order valence-corrected chi connectivity index (χ0v) is 17.6. The number of aromatic nitrogens is 7. The standard InChI is InChI=1S/C21H15ClF2N8O/c22-13-4-2-1-3-12(13)18-17-19(25-8-7-16-26-10-27-30-16)28-21(29-20(17)32-31-18)33-15-6-5-11(23)9-14(15)24/h1-6,9-10H,7-8H2,(H,26,27,30)(H2,25,28,29,31,32). The van der Waals surface area contributed by atoms with E-state index in [0.717, 1.165) is 18.2 Å². The molecule has 9 nitrogen and oxygen atoms in total. The summed E-state index contributed by atoms with van der Waals surface area (Å²) < 4.78 is 32.8. The SMILES string of the molecule is Fc1ccc(Oc2nc(NCCc3nnc[nH]3)c3c(-c4ccccc4Cl)n[nH]c3n2)c(F)c1. The zero-order valence-electron chi connectivity index (χ0n) is 16.8. The molecule has 0 aliphatic heterocycles. The van der Waals surface area contributed by atoms with Gasteiger partial charge in [-0.1, -0.05) is 29.8 Å². The van der Waals surface area contributed by atoms with E-state index < -0.39 is 11.6 Å². The number of hydrogen-bond donors (Lipinski definition) is 3. The molecule has 3 heterocycles. The molecule has 0 amide bonds. The zero-order chi connectivity index (χ0) is 22.8. The third-order valence-electron chi connectivity index (χ3n) is 4.74. The Morgan fingerprint density at radius 2 is 1.97 bits per heavy atom. The average Bonchev–Trinajstić information content (AvgIpc) is 3.46. The Hall–Kier alpha value is -4.12. The number of halogens is 3. The highest BCUT2D eigenvalue weighted by atomic mass is 35.5. The van der Waals surface area contributed by atoms with Crippen molar-refractivity contribution in [2.75, 3.05) is 11.9 Å². The van der Waals surface area contributed by atoms with Crippen molar-refractivity contribution in [3.63, 3.8) is 0 Å². The van der Waals surface area contributed by atoms with Crippen molar-refractivity contribution in [2.45, 2.75) is 6.42 Å². The van der Waals surface area contributed by atoms with E-state index in [9.17, 15) is 8.78 Å². The van der Waals surface area contributed by atoms with Gasteiger partial charge in [0.15, 0.2) is 17.2 Å². The van der Waals surface area contributed by atoms with Gasteiger partial charge in [-0.3, -0.25) is 5.10 Å². The molecule has 0 bridgehead atoms. The summed E-state index contributed by atoms with van der Waals surface area (Å²) >= 11 is 6.38. The first-order chi connectivity index (χ1) is 16.1. The van der Waals surface area contributed by atoms with E-state index >= 15 is 0 Å². The molecular formula is C21H15ClF2N8O. The number of hydrogen-bond acceptors (Lipinski definition) is 7. The normalized spacial score (nSPS) is 11.1. The van der Waals surface area contributed by atoms with Gasteiger partial charge in [0.25, 0.3) is 0 Å². The van der Waals surface area contributed by atoms with E-state index in [-0.39, 0.29) is 11.8 Å². The molecule has 3 aromatic heterocycles. The first-order valence-electron chi connectivity index (χ1n) is 9.81. The fraction of sp³-hybridized carbons (Fsp3) is 0.0952. The van der Waals surface area contributed by atoms with Gasteiger partial charge < -0.3 is 15.0 Å². The number of ether oxygens (including phenoxy) is 1. The number of fused-ring (bicyclic) bond motifs is 1. The number of nitrogens with zero attached hydrogens (tertiary/aromatic N) is 5. The lowest BCUT2D eigenvalue weighted by molar-refractivity contribution is 0.410. The maximum atomic E-state index is 14.1. The van der Waals surface area contributed by atoms with Crippen molar-refractivity contribution in [3.05, 3.63) is 71.3 Å². The van der Waals surface area contributed by atoms with Crippen molar-refractivity contribution in [1.29, 1.82) is 0 Å². The average molecular weight is 469 g/mol. The van der Waals surface area contributed by atoms with Crippen molar-refractivity contribution in [1.82, 2.24) is 35.3 Å². The Kier molecular flexibility index (Phi) is 5.53. The van der Waals surface area contributed by atoms with E-state index in [1.807, 2.05) is 18.2 Å². The minimum Gasteiger partial charge on any atom is -0.421 e. The van der Waals surface area contributed by atoms with Crippen LogP contribution in [0.4, 0.5) is 14.6 Å². The monoisotopic (exact) mass is 468 g/mol. The molecule has 0 saturated heterocycles. The number of H-pyrrole nitrogens is 2. The quantitative estimate of drug-likeness (QED) is 0.321. The van der Waals surface area contributed by atoms with E-state index in [4.69, 9.17) is 16.3 Å². The molecule has 0 aliphatic rings. The Balaban J connectivity index is 1.55. The molecule has 2 aromatic carbocycles. The largest absolute Gasteiger partial charge is 0.421 e. The van der Waals surface area contributed by atoms with Gasteiger partial charge in [-0.2, -0.15) is 15.1 Å². The van der Waals surface area contributed by atoms with Crippen LogP contribution in [0.5, 0.6) is 11.8 Å². The van der Waals surface area contributed by atoms with E-state index in [2.05, 4.69) is 40.7 Å². The van der Waals surface area contributed by atoms with Crippen LogP contribution >= 0.6 is 11.6 Å². The van der Waals surface area contributed by atoms with Gasteiger partial charge in [-0.05, 0) is 18.2 Å². The van der Waals surface area contributed by atoms with Crippen LogP contribution in [-0.4, -0.2) is 41.9 Å². The predicted molar refractivity (Wildman–Crippen MR) is 117 cm³/mol. The Morgan fingerprint density at radius 3 is 2.76 bits per heavy atom. The molecule has 5 rings (SSSR count). The van der Waals surface area contributed by atoms with Gasteiger partial charge in [-0.25, -0.2) is 8.78 Å². The lowest BCUT2D eigenvalue weighted by Crippen LogP contribution is -2.09. The minimum atomic E-state index is -0.875. The molecule has 5 aromatic rings. The first kappa shape index (κ1) is 20.8. The van der Waals surface area contributed by atoms with E-state index in [0.29, 0.717) is 51.9 Å². The molecule has 0 radical (unpaired) electrons. The number of nitrogens with one attached hydrogen (secondary N) is 3. The number of anilines is 1. The molecular weight excluding hydrogens is 454 g/mol. The Morgan fingerprint density at radius 1 is 1.09 bits per heavy atom. The molecule has 0 fully saturated rings. The topological polar surface area (TPSA) is 117 Å². The summed E-state index contributed by atoms with van der Waals surface area (Å²) in [6.45, 7) is 0.443. The summed E-state index contributed by atoms with van der Waals surface area (Å²) in [5.41, 5.74) is 1.57. The van der Waals surface area contributed by atoms with Crippen LogP contribution < -0.4 is 10.1 Å². The molecule has 0 spiro atoms. The molecule has 12 heteroatoms. The summed E-state index contributed by atoms with van der Waals surface area (Å²) in [6.07, 6.45) is 2.03. The number of aromatic amines is 2. The molecule has 33 heavy (non-hydrogen) atoms. The summed E-state index contributed by atoms with van der Waals surface area (Å²) in [5, 5.41) is 19.2. The molecule has 0 aliphatic carbocycles. The second kappa shape index (κ2) is 8.79. The van der Waals surface area contributed by atoms with Crippen LogP contribution in [0.2, 0.25) is 5.02 Å². The third kappa shape index (κ3) is 4.30. The van der Waals surface area contributed by atoms with Gasteiger partial charge in [0, 0.05) is 24.6 Å². The molecule has 3 N–H and O–H groups in total. The predicted octanol–water partition coefficient (Wildman–Crippen LogP) is 4.52. The summed E-state index contributed by atoms with van der Waals surface area (Å²) in [4.78, 5) is 11.6. The van der Waals surface area contributed by atoms with Crippen molar-refractivity contribution >= 4 is 28.5 Å². The molecule has 0 unspecified atom stereocenters. The highest BCUT2D eigenvalue weighted by molar-refractivity contribution is 6.33. The third-order valence-corrected chi connectivity index (χ3v) is 5.07. The van der Waals surface area contributed by atoms with Gasteiger partial charge in [0.05, 0.1) is 10.4 Å². The second-order valence-electron chi connectivity index (χ2n) is 6.92. The summed E-state index contributed by atoms with van der Waals surface area (Å²) in [5.74, 6) is -0.727. The van der Waals surface area contributed by atoms with Crippen molar-refractivity contribution in [2.24, 2.45) is 0 Å². The summed E-state index contributed by atoms with van der Waals surface area (Å²) in [6, 6.07) is 10.1. The highest BCUT2D eigenvalue weighted by Crippen LogP contribution is 2.35. The van der Waals surface area contributed by atoms with Crippen LogP contribution in [0.15, 0.2) is 48.8 Å². The van der Waals surface area contributed by atoms with Crippen LogP contribution in [-0.2, 0) is 6.42 Å². The van der Waals surface area contributed by atoms with E-state index in [1.165, 1.54) is 6.33 Å². The Labute approximate surface area is 190 Å². The van der Waals surface area contributed by atoms with Gasteiger partial charge in [0.1, 0.15) is 29.5 Å². The number of benzene rings is 2. The molecule has 0 atom stereocenters. The smallest absolute Gasteiger partial charge is 0.326 e.